The molecule has 0 saturated carbocycles. The Bertz CT molecular complexity index is 740. The Morgan fingerprint density at radius 2 is 1.83 bits per heavy atom. The second kappa shape index (κ2) is 6.24. The molecule has 1 N–H and O–H groups in total. The van der Waals surface area contributed by atoms with Crippen LogP contribution in [0.2, 0.25) is 0 Å². The minimum atomic E-state index is -0.315. The average Bonchev–Trinajstić information content (AvgIpc) is 2.94. The molecule has 2 aromatic carbocycles. The highest BCUT2D eigenvalue weighted by molar-refractivity contribution is 6.03. The van der Waals surface area contributed by atoms with Gasteiger partial charge in [-0.25, -0.2) is 0 Å². The van der Waals surface area contributed by atoms with Crippen molar-refractivity contribution in [2.75, 3.05) is 16.8 Å². The number of para-hydroxylation sites is 1. The molecule has 0 radical (unpaired) electrons. The first-order chi connectivity index (χ1) is 11.0. The third-order valence-electron chi connectivity index (χ3n) is 4.34. The first-order valence-electron chi connectivity index (χ1n) is 7.78. The van der Waals surface area contributed by atoms with E-state index < -0.39 is 0 Å². The number of carbonyl (C=O) groups is 2. The summed E-state index contributed by atoms with van der Waals surface area (Å²) in [5, 5.41) is 2.93. The van der Waals surface area contributed by atoms with Gasteiger partial charge in [-0.2, -0.15) is 0 Å². The number of nitrogens with zero attached hydrogens (tertiary/aromatic N) is 1. The molecule has 4 nitrogen and oxygen atoms in total. The van der Waals surface area contributed by atoms with Crippen molar-refractivity contribution in [1.82, 2.24) is 0 Å². The Balaban J connectivity index is 1.69. The smallest absolute Gasteiger partial charge is 0.229 e. The Morgan fingerprint density at radius 1 is 1.09 bits per heavy atom. The largest absolute Gasteiger partial charge is 0.326 e. The Labute approximate surface area is 136 Å². The van der Waals surface area contributed by atoms with E-state index in [4.69, 9.17) is 0 Å². The summed E-state index contributed by atoms with van der Waals surface area (Å²) in [5.41, 5.74) is 3.95. The van der Waals surface area contributed by atoms with Crippen LogP contribution in [0.25, 0.3) is 0 Å². The number of carbonyl (C=O) groups excluding carboxylic acids is 2. The van der Waals surface area contributed by atoms with Gasteiger partial charge in [-0.15, -0.1) is 0 Å². The summed E-state index contributed by atoms with van der Waals surface area (Å²) >= 11 is 0. The van der Waals surface area contributed by atoms with E-state index in [9.17, 15) is 9.59 Å². The van der Waals surface area contributed by atoms with Crippen molar-refractivity contribution in [2.24, 2.45) is 5.92 Å². The molecular weight excluding hydrogens is 288 g/mol. The number of nitrogens with one attached hydrogen (secondary N) is 1. The summed E-state index contributed by atoms with van der Waals surface area (Å²) in [7, 11) is 0. The molecule has 2 amide bonds. The standard InChI is InChI=1S/C19H20N2O2/c1-13-8-9-16(10-14(13)2)20-19(23)15-11-18(22)21(12-15)17-6-4-3-5-7-17/h3-10,15H,11-12H2,1-2H3,(H,20,23). The van der Waals surface area contributed by atoms with Crippen molar-refractivity contribution >= 4 is 23.2 Å². The zero-order chi connectivity index (χ0) is 16.4. The molecule has 1 atom stereocenters. The van der Waals surface area contributed by atoms with Gasteiger partial charge in [0, 0.05) is 24.3 Å². The van der Waals surface area contributed by atoms with Crippen LogP contribution < -0.4 is 10.2 Å². The lowest BCUT2D eigenvalue weighted by Gasteiger charge is -2.16. The average molecular weight is 308 g/mol. The van der Waals surface area contributed by atoms with Crippen LogP contribution in [0.1, 0.15) is 17.5 Å². The van der Waals surface area contributed by atoms with Gasteiger partial charge in [-0.05, 0) is 49.2 Å². The third-order valence-corrected chi connectivity index (χ3v) is 4.34. The lowest BCUT2D eigenvalue weighted by Crippen LogP contribution is -2.28. The number of aryl methyl sites for hydroxylation is 2. The van der Waals surface area contributed by atoms with Crippen LogP contribution in [0.15, 0.2) is 48.5 Å². The minimum absolute atomic E-state index is 0.00330. The molecular formula is C19H20N2O2. The van der Waals surface area contributed by atoms with E-state index in [1.54, 1.807) is 4.90 Å². The van der Waals surface area contributed by atoms with Gasteiger partial charge in [0.25, 0.3) is 0 Å². The first-order valence-corrected chi connectivity index (χ1v) is 7.78. The van der Waals surface area contributed by atoms with Crippen LogP contribution >= 0.6 is 0 Å². The number of rotatable bonds is 3. The summed E-state index contributed by atoms with van der Waals surface area (Å²) in [6, 6.07) is 15.3. The number of hydrogen-bond donors (Lipinski definition) is 1. The molecule has 4 heteroatoms. The summed E-state index contributed by atoms with van der Waals surface area (Å²) < 4.78 is 0. The van der Waals surface area contributed by atoms with Crippen LogP contribution in [0.3, 0.4) is 0 Å². The van der Waals surface area contributed by atoms with E-state index in [0.29, 0.717) is 6.54 Å². The molecule has 1 fully saturated rings. The normalized spacial score (nSPS) is 17.4. The monoisotopic (exact) mass is 308 g/mol. The van der Waals surface area contributed by atoms with Crippen molar-refractivity contribution in [3.05, 3.63) is 59.7 Å². The van der Waals surface area contributed by atoms with Gasteiger partial charge in [-0.3, -0.25) is 9.59 Å². The zero-order valence-corrected chi connectivity index (χ0v) is 13.4. The fourth-order valence-electron chi connectivity index (χ4n) is 2.80. The number of hydrogen-bond acceptors (Lipinski definition) is 2. The lowest BCUT2D eigenvalue weighted by molar-refractivity contribution is -0.122. The third kappa shape index (κ3) is 3.26. The van der Waals surface area contributed by atoms with E-state index >= 15 is 0 Å². The predicted molar refractivity (Wildman–Crippen MR) is 91.4 cm³/mol. The molecule has 118 valence electrons. The molecule has 0 bridgehead atoms. The molecule has 23 heavy (non-hydrogen) atoms. The summed E-state index contributed by atoms with van der Waals surface area (Å²) in [4.78, 5) is 26.3. The first kappa shape index (κ1) is 15.3. The molecule has 1 heterocycles. The Morgan fingerprint density at radius 3 is 2.52 bits per heavy atom. The van der Waals surface area contributed by atoms with Crippen LogP contribution in [-0.2, 0) is 9.59 Å². The molecule has 0 aliphatic carbocycles. The quantitative estimate of drug-likeness (QED) is 0.946. The summed E-state index contributed by atoms with van der Waals surface area (Å²) in [5.74, 6) is -0.416. The molecule has 1 aliphatic heterocycles. The van der Waals surface area contributed by atoms with E-state index in [0.717, 1.165) is 16.9 Å². The van der Waals surface area contributed by atoms with Crippen molar-refractivity contribution in [2.45, 2.75) is 20.3 Å². The number of amides is 2. The predicted octanol–water partition coefficient (Wildman–Crippen LogP) is 3.30. The van der Waals surface area contributed by atoms with Crippen molar-refractivity contribution in [3.8, 4) is 0 Å². The highest BCUT2D eigenvalue weighted by Crippen LogP contribution is 2.26. The van der Waals surface area contributed by atoms with E-state index in [1.807, 2.05) is 62.4 Å². The van der Waals surface area contributed by atoms with Gasteiger partial charge < -0.3 is 10.2 Å². The van der Waals surface area contributed by atoms with Crippen LogP contribution in [0.5, 0.6) is 0 Å². The Hall–Kier alpha value is -2.62. The highest BCUT2D eigenvalue weighted by Gasteiger charge is 2.35. The zero-order valence-electron chi connectivity index (χ0n) is 13.4. The molecule has 1 saturated heterocycles. The highest BCUT2D eigenvalue weighted by atomic mass is 16.2. The Kier molecular flexibility index (Phi) is 4.15. The second-order valence-corrected chi connectivity index (χ2v) is 6.03. The van der Waals surface area contributed by atoms with E-state index in [-0.39, 0.29) is 24.2 Å². The maximum Gasteiger partial charge on any atom is 0.229 e. The molecule has 0 spiro atoms. The van der Waals surface area contributed by atoms with Gasteiger partial charge >= 0.3 is 0 Å². The summed E-state index contributed by atoms with van der Waals surface area (Å²) in [6.07, 6.45) is 0.256. The van der Waals surface area contributed by atoms with E-state index in [1.165, 1.54) is 5.56 Å². The molecule has 1 aliphatic rings. The molecule has 1 unspecified atom stereocenters. The van der Waals surface area contributed by atoms with Gasteiger partial charge in [-0.1, -0.05) is 24.3 Å². The second-order valence-electron chi connectivity index (χ2n) is 6.03. The summed E-state index contributed by atoms with van der Waals surface area (Å²) in [6.45, 7) is 4.48. The SMILES string of the molecule is Cc1ccc(NC(=O)C2CC(=O)N(c3ccccc3)C2)cc1C. The van der Waals surface area contributed by atoms with Gasteiger partial charge in [0.1, 0.15) is 0 Å². The minimum Gasteiger partial charge on any atom is -0.326 e. The maximum absolute atomic E-state index is 12.4. The van der Waals surface area contributed by atoms with Crippen LogP contribution in [0, 0.1) is 19.8 Å². The van der Waals surface area contributed by atoms with Gasteiger partial charge in [0.05, 0.1) is 5.92 Å². The van der Waals surface area contributed by atoms with Crippen LogP contribution in [0.4, 0.5) is 11.4 Å². The maximum atomic E-state index is 12.4. The van der Waals surface area contributed by atoms with Gasteiger partial charge in [0.15, 0.2) is 0 Å². The number of anilines is 2. The molecule has 3 rings (SSSR count). The molecule has 0 aromatic heterocycles. The topological polar surface area (TPSA) is 49.4 Å². The number of benzene rings is 2. The fraction of sp³-hybridized carbons (Fsp3) is 0.263. The van der Waals surface area contributed by atoms with E-state index in [2.05, 4.69) is 5.32 Å². The van der Waals surface area contributed by atoms with Crippen molar-refractivity contribution in [1.29, 1.82) is 0 Å². The fourth-order valence-corrected chi connectivity index (χ4v) is 2.80. The molecule has 2 aromatic rings. The van der Waals surface area contributed by atoms with Crippen molar-refractivity contribution < 1.29 is 9.59 Å². The van der Waals surface area contributed by atoms with Crippen LogP contribution in [-0.4, -0.2) is 18.4 Å². The van der Waals surface area contributed by atoms with Gasteiger partial charge in [0.2, 0.25) is 11.8 Å². The lowest BCUT2D eigenvalue weighted by atomic mass is 10.1. The van der Waals surface area contributed by atoms with Crippen molar-refractivity contribution in [3.63, 3.8) is 0 Å².